The number of carbonyl (C=O) groups excluding carboxylic acids is 1. The third-order valence-electron chi connectivity index (χ3n) is 5.19. The summed E-state index contributed by atoms with van der Waals surface area (Å²) in [6, 6.07) is 12.1. The second-order valence-corrected chi connectivity index (χ2v) is 9.66. The molecule has 1 aromatic heterocycles. The van der Waals surface area contributed by atoms with Crippen LogP contribution in [0.2, 0.25) is 0 Å². The Labute approximate surface area is 190 Å². The van der Waals surface area contributed by atoms with Gasteiger partial charge in [0.15, 0.2) is 0 Å². The van der Waals surface area contributed by atoms with Crippen molar-refractivity contribution in [3.63, 3.8) is 0 Å². The first kappa shape index (κ1) is 21.9. The van der Waals surface area contributed by atoms with Crippen LogP contribution in [0.4, 0.5) is 9.18 Å². The van der Waals surface area contributed by atoms with E-state index in [2.05, 4.69) is 15.5 Å². The maximum Gasteiger partial charge on any atom is 0.408 e. The van der Waals surface area contributed by atoms with Crippen molar-refractivity contribution in [1.82, 2.24) is 15.5 Å². The summed E-state index contributed by atoms with van der Waals surface area (Å²) in [6.45, 7) is 5.52. The molecule has 8 heteroatoms. The van der Waals surface area contributed by atoms with E-state index in [1.807, 2.05) is 45.0 Å². The van der Waals surface area contributed by atoms with Gasteiger partial charge in [-0.05, 0) is 69.4 Å². The minimum absolute atomic E-state index is 0.0209. The number of ether oxygens (including phenoxy) is 1. The van der Waals surface area contributed by atoms with Crippen molar-refractivity contribution < 1.29 is 13.9 Å². The second-order valence-electron chi connectivity index (χ2n) is 8.68. The van der Waals surface area contributed by atoms with Gasteiger partial charge in [-0.1, -0.05) is 29.5 Å². The number of rotatable bonds is 3. The fourth-order valence-corrected chi connectivity index (χ4v) is 4.73. The van der Waals surface area contributed by atoms with E-state index in [9.17, 15) is 9.18 Å². The molecular weight excluding hydrogens is 427 g/mol. The molecular formula is C24H23FN4O2S. The SMILES string of the molecule is CC(C)(C)OC(=O)N[C@H]1CCCc2c(-c3nnc(-c4ccc(F)c(C#N)c4)s3)cccc21. The van der Waals surface area contributed by atoms with Gasteiger partial charge in [0.2, 0.25) is 0 Å². The molecule has 32 heavy (non-hydrogen) atoms. The number of nitrogens with one attached hydrogen (secondary N) is 1. The lowest BCUT2D eigenvalue weighted by molar-refractivity contribution is 0.0498. The summed E-state index contributed by atoms with van der Waals surface area (Å²) >= 11 is 1.39. The van der Waals surface area contributed by atoms with Gasteiger partial charge in [-0.25, -0.2) is 9.18 Å². The van der Waals surface area contributed by atoms with Gasteiger partial charge in [0, 0.05) is 11.1 Å². The Morgan fingerprint density at radius 1 is 1.25 bits per heavy atom. The summed E-state index contributed by atoms with van der Waals surface area (Å²) in [7, 11) is 0. The molecule has 1 aliphatic carbocycles. The minimum atomic E-state index is -0.557. The maximum atomic E-state index is 13.7. The third-order valence-corrected chi connectivity index (χ3v) is 6.19. The predicted molar refractivity (Wildman–Crippen MR) is 121 cm³/mol. The molecule has 0 aliphatic heterocycles. The molecule has 0 saturated heterocycles. The summed E-state index contributed by atoms with van der Waals surface area (Å²) in [5, 5.41) is 22.1. The highest BCUT2D eigenvalue weighted by Crippen LogP contribution is 2.39. The number of benzene rings is 2. The first-order chi connectivity index (χ1) is 15.2. The first-order valence-electron chi connectivity index (χ1n) is 10.4. The quantitative estimate of drug-likeness (QED) is 0.546. The molecule has 0 radical (unpaired) electrons. The summed E-state index contributed by atoms with van der Waals surface area (Å²) in [4.78, 5) is 12.3. The number of alkyl carbamates (subject to hydrolysis) is 1. The summed E-state index contributed by atoms with van der Waals surface area (Å²) in [6.07, 6.45) is 2.22. The molecule has 0 saturated carbocycles. The van der Waals surface area contributed by atoms with E-state index in [1.165, 1.54) is 23.5 Å². The number of carbonyl (C=O) groups is 1. The molecule has 6 nitrogen and oxygen atoms in total. The van der Waals surface area contributed by atoms with Gasteiger partial charge in [-0.3, -0.25) is 0 Å². The number of aromatic nitrogens is 2. The van der Waals surface area contributed by atoms with Crippen LogP contribution in [-0.2, 0) is 11.2 Å². The number of amides is 1. The Bertz CT molecular complexity index is 1210. The van der Waals surface area contributed by atoms with Crippen LogP contribution in [-0.4, -0.2) is 21.9 Å². The van der Waals surface area contributed by atoms with Gasteiger partial charge < -0.3 is 10.1 Å². The van der Waals surface area contributed by atoms with Crippen LogP contribution >= 0.6 is 11.3 Å². The van der Waals surface area contributed by atoms with E-state index in [-0.39, 0.29) is 11.6 Å². The largest absolute Gasteiger partial charge is 0.444 e. The minimum Gasteiger partial charge on any atom is -0.444 e. The number of nitriles is 1. The first-order valence-corrected chi connectivity index (χ1v) is 11.2. The standard InChI is InChI=1S/C24H23FN4O2S/c1-24(2,3)31-23(30)27-20-9-5-6-16-17(20)7-4-8-18(16)22-29-28-21(32-22)14-10-11-19(25)15(12-14)13-26/h4,7-8,10-12,20H,5-6,9H2,1-3H3,(H,27,30)/t20-/m0/s1. The highest BCUT2D eigenvalue weighted by molar-refractivity contribution is 7.17. The van der Waals surface area contributed by atoms with Gasteiger partial charge in [0.1, 0.15) is 27.5 Å². The zero-order valence-electron chi connectivity index (χ0n) is 18.1. The van der Waals surface area contributed by atoms with Crippen molar-refractivity contribution in [2.24, 2.45) is 0 Å². The topological polar surface area (TPSA) is 87.9 Å². The van der Waals surface area contributed by atoms with Crippen molar-refractivity contribution in [2.75, 3.05) is 0 Å². The Morgan fingerprint density at radius 2 is 2.03 bits per heavy atom. The fourth-order valence-electron chi connectivity index (χ4n) is 3.84. The van der Waals surface area contributed by atoms with Crippen LogP contribution in [0.5, 0.6) is 0 Å². The monoisotopic (exact) mass is 450 g/mol. The lowest BCUT2D eigenvalue weighted by Crippen LogP contribution is -2.36. The van der Waals surface area contributed by atoms with Crippen molar-refractivity contribution in [1.29, 1.82) is 5.26 Å². The number of hydrogen-bond donors (Lipinski definition) is 1. The molecule has 2 aromatic carbocycles. The normalized spacial score (nSPS) is 15.5. The smallest absolute Gasteiger partial charge is 0.408 e. The number of hydrogen-bond acceptors (Lipinski definition) is 6. The number of halogens is 1. The Morgan fingerprint density at radius 3 is 2.78 bits per heavy atom. The molecule has 0 spiro atoms. The van der Waals surface area contributed by atoms with Gasteiger partial charge >= 0.3 is 6.09 Å². The molecule has 1 N–H and O–H groups in total. The summed E-state index contributed by atoms with van der Waals surface area (Å²) < 4.78 is 19.1. The fraction of sp³-hybridized carbons (Fsp3) is 0.333. The highest BCUT2D eigenvalue weighted by Gasteiger charge is 2.27. The third kappa shape index (κ3) is 4.63. The molecule has 1 heterocycles. The van der Waals surface area contributed by atoms with Crippen molar-refractivity contribution in [2.45, 2.75) is 51.7 Å². The van der Waals surface area contributed by atoms with Gasteiger partial charge in [0.25, 0.3) is 0 Å². The summed E-state index contributed by atoms with van der Waals surface area (Å²) in [5.74, 6) is -0.554. The summed E-state index contributed by atoms with van der Waals surface area (Å²) in [5.41, 5.74) is 3.25. The van der Waals surface area contributed by atoms with E-state index in [4.69, 9.17) is 10.00 Å². The zero-order chi connectivity index (χ0) is 22.9. The predicted octanol–water partition coefficient (Wildman–Crippen LogP) is 5.78. The Balaban J connectivity index is 1.63. The second kappa shape index (κ2) is 8.67. The molecule has 0 bridgehead atoms. The van der Waals surface area contributed by atoms with Crippen LogP contribution in [0.1, 0.15) is 56.3 Å². The van der Waals surface area contributed by atoms with Gasteiger partial charge in [0.05, 0.1) is 11.6 Å². The molecule has 3 aromatic rings. The average Bonchev–Trinajstić information content (AvgIpc) is 3.22. The highest BCUT2D eigenvalue weighted by atomic mass is 32.1. The molecule has 1 atom stereocenters. The molecule has 0 unspecified atom stereocenters. The van der Waals surface area contributed by atoms with Gasteiger partial charge in [-0.2, -0.15) is 5.26 Å². The molecule has 4 rings (SSSR count). The van der Waals surface area contributed by atoms with E-state index < -0.39 is 17.5 Å². The van der Waals surface area contributed by atoms with E-state index in [0.717, 1.165) is 41.0 Å². The number of fused-ring (bicyclic) bond motifs is 1. The zero-order valence-corrected chi connectivity index (χ0v) is 18.9. The van der Waals surface area contributed by atoms with E-state index in [0.29, 0.717) is 10.6 Å². The average molecular weight is 451 g/mol. The Kier molecular flexibility index (Phi) is 5.94. The van der Waals surface area contributed by atoms with Crippen molar-refractivity contribution in [3.8, 4) is 27.2 Å². The van der Waals surface area contributed by atoms with Crippen molar-refractivity contribution in [3.05, 3.63) is 58.9 Å². The lowest BCUT2D eigenvalue weighted by atomic mass is 9.85. The molecule has 1 amide bonds. The van der Waals surface area contributed by atoms with Crippen LogP contribution in [0.15, 0.2) is 36.4 Å². The van der Waals surface area contributed by atoms with Crippen LogP contribution in [0, 0.1) is 17.1 Å². The molecule has 164 valence electrons. The molecule has 0 fully saturated rings. The van der Waals surface area contributed by atoms with Crippen molar-refractivity contribution >= 4 is 17.4 Å². The van der Waals surface area contributed by atoms with Crippen LogP contribution < -0.4 is 5.32 Å². The van der Waals surface area contributed by atoms with Crippen LogP contribution in [0.25, 0.3) is 21.1 Å². The molecule has 1 aliphatic rings. The lowest BCUT2D eigenvalue weighted by Gasteiger charge is -2.29. The van der Waals surface area contributed by atoms with Crippen LogP contribution in [0.3, 0.4) is 0 Å². The Hall–Kier alpha value is -3.31. The van der Waals surface area contributed by atoms with E-state index >= 15 is 0 Å². The van der Waals surface area contributed by atoms with E-state index in [1.54, 1.807) is 6.07 Å². The number of nitrogens with zero attached hydrogens (tertiary/aromatic N) is 3. The maximum absolute atomic E-state index is 13.7. The van der Waals surface area contributed by atoms with Gasteiger partial charge in [-0.15, -0.1) is 10.2 Å².